The second kappa shape index (κ2) is 7.73. The fourth-order valence-electron chi connectivity index (χ4n) is 2.69. The molecular formula is C17H21N3O4S2. The van der Waals surface area contributed by atoms with E-state index in [0.29, 0.717) is 36.1 Å². The van der Waals surface area contributed by atoms with Crippen molar-refractivity contribution >= 4 is 32.5 Å². The average Bonchev–Trinajstić information content (AvgIpc) is 3.13. The summed E-state index contributed by atoms with van der Waals surface area (Å²) in [4.78, 5) is 18.6. The van der Waals surface area contributed by atoms with Crippen LogP contribution in [0.25, 0.3) is 0 Å². The van der Waals surface area contributed by atoms with Gasteiger partial charge in [-0.1, -0.05) is 29.0 Å². The fraction of sp³-hybridized carbons (Fsp3) is 0.412. The van der Waals surface area contributed by atoms with Crippen molar-refractivity contribution in [3.8, 4) is 0 Å². The Kier molecular flexibility index (Phi) is 5.59. The van der Waals surface area contributed by atoms with Gasteiger partial charge in [0.1, 0.15) is 4.88 Å². The van der Waals surface area contributed by atoms with E-state index in [1.165, 1.54) is 21.8 Å². The van der Waals surface area contributed by atoms with Crippen LogP contribution < -0.4 is 4.90 Å². The number of anilines is 1. The summed E-state index contributed by atoms with van der Waals surface area (Å²) in [5.41, 5.74) is 1.01. The fourth-order valence-corrected chi connectivity index (χ4v) is 4.96. The Morgan fingerprint density at radius 1 is 1.27 bits per heavy atom. The summed E-state index contributed by atoms with van der Waals surface area (Å²) in [7, 11) is -3.56. The number of carbonyl (C=O) groups excluding carboxylic acids is 1. The van der Waals surface area contributed by atoms with Gasteiger partial charge in [0.15, 0.2) is 5.13 Å². The summed E-state index contributed by atoms with van der Waals surface area (Å²) in [6.45, 7) is 5.34. The number of hydrogen-bond acceptors (Lipinski definition) is 7. The summed E-state index contributed by atoms with van der Waals surface area (Å²) in [6.07, 6.45) is 2.17. The third-order valence-corrected chi connectivity index (χ3v) is 6.95. The molecule has 9 heteroatoms. The quantitative estimate of drug-likeness (QED) is 0.724. The smallest absolute Gasteiger partial charge is 0.350 e. The zero-order chi connectivity index (χ0) is 18.7. The Balaban J connectivity index is 1.77. The molecule has 0 spiro atoms. The van der Waals surface area contributed by atoms with Gasteiger partial charge in [-0.05, 0) is 32.4 Å². The first-order valence-corrected chi connectivity index (χ1v) is 10.6. The van der Waals surface area contributed by atoms with E-state index in [2.05, 4.69) is 4.98 Å². The molecule has 1 saturated heterocycles. The van der Waals surface area contributed by atoms with Crippen molar-refractivity contribution in [3.63, 3.8) is 0 Å². The molecule has 7 nitrogen and oxygen atoms in total. The van der Waals surface area contributed by atoms with Gasteiger partial charge >= 0.3 is 5.97 Å². The van der Waals surface area contributed by atoms with Crippen molar-refractivity contribution in [3.05, 3.63) is 40.9 Å². The molecule has 0 radical (unpaired) electrons. The molecule has 140 valence electrons. The summed E-state index contributed by atoms with van der Waals surface area (Å²) in [5, 5.41) is 0.622. The summed E-state index contributed by atoms with van der Waals surface area (Å²) in [6, 6.07) is 6.85. The highest BCUT2D eigenvalue weighted by Gasteiger charge is 2.30. The number of nitrogens with zero attached hydrogens (tertiary/aromatic N) is 3. The molecule has 1 aromatic heterocycles. The lowest BCUT2D eigenvalue weighted by molar-refractivity contribution is 0.0532. The number of thiazole rings is 1. The Bertz CT molecular complexity index is 878. The van der Waals surface area contributed by atoms with Crippen molar-refractivity contribution in [2.24, 2.45) is 0 Å². The van der Waals surface area contributed by atoms with Crippen molar-refractivity contribution in [2.45, 2.75) is 25.2 Å². The van der Waals surface area contributed by atoms with Crippen LogP contribution in [0.2, 0.25) is 0 Å². The van der Waals surface area contributed by atoms with Crippen LogP contribution in [0.3, 0.4) is 0 Å². The number of benzene rings is 1. The normalized spacial score (nSPS) is 15.8. The molecule has 2 aromatic rings. The van der Waals surface area contributed by atoms with Gasteiger partial charge in [-0.15, -0.1) is 0 Å². The molecule has 0 bridgehead atoms. The number of aromatic nitrogens is 1. The summed E-state index contributed by atoms with van der Waals surface area (Å²) >= 11 is 1.22. The maximum Gasteiger partial charge on any atom is 0.350 e. The van der Waals surface area contributed by atoms with Gasteiger partial charge in [-0.2, -0.15) is 4.31 Å². The molecular weight excluding hydrogens is 374 g/mol. The molecule has 1 aliphatic heterocycles. The van der Waals surface area contributed by atoms with E-state index in [-0.39, 0.29) is 11.6 Å². The number of esters is 1. The molecule has 3 rings (SSSR count). The van der Waals surface area contributed by atoms with Gasteiger partial charge < -0.3 is 9.64 Å². The summed E-state index contributed by atoms with van der Waals surface area (Å²) in [5.74, 6) is -0.405. The zero-order valence-electron chi connectivity index (χ0n) is 14.7. The van der Waals surface area contributed by atoms with Crippen LogP contribution in [0.4, 0.5) is 5.13 Å². The largest absolute Gasteiger partial charge is 0.462 e. The second-order valence-corrected chi connectivity index (χ2v) is 8.93. The molecule has 26 heavy (non-hydrogen) atoms. The number of ether oxygens (including phenoxy) is 1. The van der Waals surface area contributed by atoms with E-state index in [1.54, 1.807) is 31.2 Å². The van der Waals surface area contributed by atoms with Crippen LogP contribution in [0.1, 0.15) is 28.6 Å². The molecule has 0 N–H and O–H groups in total. The van der Waals surface area contributed by atoms with E-state index in [0.717, 1.165) is 5.56 Å². The zero-order valence-corrected chi connectivity index (χ0v) is 16.3. The third kappa shape index (κ3) is 3.89. The van der Waals surface area contributed by atoms with Crippen LogP contribution >= 0.6 is 11.3 Å². The minimum atomic E-state index is -3.56. The average molecular weight is 396 g/mol. The van der Waals surface area contributed by atoms with Gasteiger partial charge in [0.25, 0.3) is 0 Å². The van der Waals surface area contributed by atoms with Crippen LogP contribution in [0.15, 0.2) is 35.4 Å². The van der Waals surface area contributed by atoms with E-state index >= 15 is 0 Å². The van der Waals surface area contributed by atoms with E-state index in [4.69, 9.17) is 4.74 Å². The van der Waals surface area contributed by atoms with Gasteiger partial charge in [0.05, 0.1) is 24.4 Å². The molecule has 1 aliphatic rings. The lowest BCUT2D eigenvalue weighted by atomic mass is 10.2. The topological polar surface area (TPSA) is 79.8 Å². The van der Waals surface area contributed by atoms with E-state index < -0.39 is 16.0 Å². The molecule has 0 aliphatic carbocycles. The van der Waals surface area contributed by atoms with Crippen molar-refractivity contribution in [1.29, 1.82) is 0 Å². The first-order chi connectivity index (χ1) is 12.4. The van der Waals surface area contributed by atoms with E-state index in [9.17, 15) is 13.2 Å². The highest BCUT2D eigenvalue weighted by molar-refractivity contribution is 7.89. The SMILES string of the molecule is CCOC(=O)c1cnc(N2CCCN(S(=O)(=O)c3ccc(C)cc3)C2)s1. The number of carbonyl (C=O) groups is 1. The molecule has 0 saturated carbocycles. The molecule has 0 atom stereocenters. The minimum absolute atomic E-state index is 0.214. The second-order valence-electron chi connectivity index (χ2n) is 5.98. The molecule has 0 unspecified atom stereocenters. The highest BCUT2D eigenvalue weighted by Crippen LogP contribution is 2.27. The Labute approximate surface area is 157 Å². The number of aryl methyl sites for hydroxylation is 1. The van der Waals surface area contributed by atoms with Crippen molar-refractivity contribution < 1.29 is 17.9 Å². The van der Waals surface area contributed by atoms with Crippen molar-refractivity contribution in [1.82, 2.24) is 9.29 Å². The standard InChI is InChI=1S/C17H21N3O4S2/c1-3-24-16(21)15-11-18-17(25-15)19-9-4-10-20(12-19)26(22,23)14-7-5-13(2)6-8-14/h5-8,11H,3-4,9-10,12H2,1-2H3. The van der Waals surface area contributed by atoms with Gasteiger partial charge in [-0.3, -0.25) is 0 Å². The molecule has 2 heterocycles. The first-order valence-electron chi connectivity index (χ1n) is 8.36. The van der Waals surface area contributed by atoms with E-state index in [1.807, 2.05) is 11.8 Å². The van der Waals surface area contributed by atoms with Crippen LogP contribution in [-0.4, -0.2) is 50.0 Å². The predicted molar refractivity (Wildman–Crippen MR) is 100.0 cm³/mol. The Morgan fingerprint density at radius 2 is 2.00 bits per heavy atom. The molecule has 1 aromatic carbocycles. The Morgan fingerprint density at radius 3 is 2.69 bits per heavy atom. The van der Waals surface area contributed by atoms with Gasteiger partial charge in [0.2, 0.25) is 10.0 Å². The molecule has 0 amide bonds. The minimum Gasteiger partial charge on any atom is -0.462 e. The summed E-state index contributed by atoms with van der Waals surface area (Å²) < 4.78 is 32.2. The number of sulfonamides is 1. The third-order valence-electron chi connectivity index (χ3n) is 4.06. The maximum atomic E-state index is 12.9. The maximum absolute atomic E-state index is 12.9. The van der Waals surface area contributed by atoms with Gasteiger partial charge in [0, 0.05) is 13.1 Å². The Hall–Kier alpha value is -1.97. The number of hydrogen-bond donors (Lipinski definition) is 0. The molecule has 1 fully saturated rings. The number of rotatable bonds is 5. The highest BCUT2D eigenvalue weighted by atomic mass is 32.2. The van der Waals surface area contributed by atoms with Crippen LogP contribution in [0, 0.1) is 6.92 Å². The van der Waals surface area contributed by atoms with Crippen LogP contribution in [0.5, 0.6) is 0 Å². The van der Waals surface area contributed by atoms with Crippen molar-refractivity contribution in [2.75, 3.05) is 31.3 Å². The first kappa shape index (κ1) is 18.8. The lowest BCUT2D eigenvalue weighted by Gasteiger charge is -2.34. The monoisotopic (exact) mass is 395 g/mol. The van der Waals surface area contributed by atoms with Crippen LogP contribution in [-0.2, 0) is 14.8 Å². The van der Waals surface area contributed by atoms with Gasteiger partial charge in [-0.25, -0.2) is 18.2 Å². The predicted octanol–water partition coefficient (Wildman–Crippen LogP) is 2.49. The lowest BCUT2D eigenvalue weighted by Crippen LogP contribution is -2.47.